The Balaban J connectivity index is 2.19. The Hall–Kier alpha value is -1.17. The molecule has 1 aliphatic heterocycles. The monoisotopic (exact) mass is 440 g/mol. The Morgan fingerprint density at radius 3 is 2.64 bits per heavy atom. The molecule has 0 aromatic heterocycles. The highest BCUT2D eigenvalue weighted by Gasteiger charge is 2.28. The van der Waals surface area contributed by atoms with E-state index in [0.717, 1.165) is 31.3 Å². The molecule has 0 radical (unpaired) electrons. The maximum absolute atomic E-state index is 12.3. The van der Waals surface area contributed by atoms with Crippen molar-refractivity contribution >= 4 is 66.5 Å². The number of nitrogens with one attached hydrogen (secondary N) is 1. The lowest BCUT2D eigenvalue weighted by Crippen LogP contribution is -2.14. The number of amides is 1. The number of aliphatic imine (C=N–C) groups is 1. The first kappa shape index (κ1) is 15.7. The van der Waals surface area contributed by atoms with E-state index in [1.807, 2.05) is 38.1 Å². The number of rotatable bonds is 1. The fourth-order valence-electron chi connectivity index (χ4n) is 2.39. The van der Waals surface area contributed by atoms with Gasteiger partial charge in [-0.05, 0) is 65.2 Å². The van der Waals surface area contributed by atoms with Crippen molar-refractivity contribution in [1.82, 2.24) is 0 Å². The standard InChI is InChI=1S/C16H11Br2ClN2O/c1-7-5-9(17)6-10-14(7)21-16(22)15(10)20-12-4-3-11(18)13(19)8(12)2/h3-6H,1-2H3,(H,20,21,22). The zero-order valence-electron chi connectivity index (χ0n) is 11.8. The molecule has 3 nitrogen and oxygen atoms in total. The third-order valence-corrected chi connectivity index (χ3v) is 5.39. The van der Waals surface area contributed by atoms with Crippen molar-refractivity contribution in [3.63, 3.8) is 0 Å². The predicted octanol–water partition coefficient (Wildman–Crippen LogP) is 5.55. The molecule has 0 bridgehead atoms. The molecule has 1 heterocycles. The summed E-state index contributed by atoms with van der Waals surface area (Å²) in [6, 6.07) is 7.53. The number of hydrogen-bond donors (Lipinski definition) is 1. The topological polar surface area (TPSA) is 41.5 Å². The quantitative estimate of drug-likeness (QED) is 0.618. The van der Waals surface area contributed by atoms with Crippen LogP contribution in [0, 0.1) is 13.8 Å². The van der Waals surface area contributed by atoms with Crippen LogP contribution in [-0.4, -0.2) is 11.6 Å². The van der Waals surface area contributed by atoms with Gasteiger partial charge in [-0.25, -0.2) is 4.99 Å². The molecule has 2 aromatic carbocycles. The Morgan fingerprint density at radius 2 is 1.91 bits per heavy atom. The molecule has 1 N–H and O–H groups in total. The molecule has 6 heteroatoms. The number of aryl methyl sites for hydroxylation is 1. The van der Waals surface area contributed by atoms with Gasteiger partial charge >= 0.3 is 0 Å². The highest BCUT2D eigenvalue weighted by Crippen LogP contribution is 2.35. The van der Waals surface area contributed by atoms with Gasteiger partial charge in [-0.3, -0.25) is 4.79 Å². The van der Waals surface area contributed by atoms with Crippen molar-refractivity contribution in [3.05, 3.63) is 54.9 Å². The Kier molecular flexibility index (Phi) is 4.14. The van der Waals surface area contributed by atoms with Crippen molar-refractivity contribution in [2.24, 2.45) is 4.99 Å². The van der Waals surface area contributed by atoms with Crippen LogP contribution in [0.3, 0.4) is 0 Å². The zero-order valence-corrected chi connectivity index (χ0v) is 15.7. The van der Waals surface area contributed by atoms with Crippen LogP contribution in [0.15, 0.2) is 38.2 Å². The van der Waals surface area contributed by atoms with E-state index in [4.69, 9.17) is 11.6 Å². The van der Waals surface area contributed by atoms with E-state index in [1.165, 1.54) is 0 Å². The molecule has 1 aliphatic rings. The van der Waals surface area contributed by atoms with Crippen LogP contribution in [-0.2, 0) is 4.79 Å². The van der Waals surface area contributed by atoms with E-state index in [2.05, 4.69) is 42.2 Å². The van der Waals surface area contributed by atoms with Crippen LogP contribution in [0.2, 0.25) is 5.02 Å². The van der Waals surface area contributed by atoms with Gasteiger partial charge in [0.05, 0.1) is 16.4 Å². The summed E-state index contributed by atoms with van der Waals surface area (Å²) in [5.41, 5.74) is 4.53. The summed E-state index contributed by atoms with van der Waals surface area (Å²) in [6.07, 6.45) is 0. The number of carbonyl (C=O) groups is 1. The molecule has 22 heavy (non-hydrogen) atoms. The van der Waals surface area contributed by atoms with Crippen LogP contribution >= 0.6 is 43.5 Å². The van der Waals surface area contributed by atoms with Gasteiger partial charge in [-0.15, -0.1) is 0 Å². The third-order valence-electron chi connectivity index (χ3n) is 3.55. The molecule has 112 valence electrons. The number of hydrogen-bond acceptors (Lipinski definition) is 2. The minimum absolute atomic E-state index is 0.199. The van der Waals surface area contributed by atoms with Gasteiger partial charge in [0.25, 0.3) is 5.91 Å². The number of carbonyl (C=O) groups excluding carboxylic acids is 1. The maximum Gasteiger partial charge on any atom is 0.275 e. The fraction of sp³-hybridized carbons (Fsp3) is 0.125. The van der Waals surface area contributed by atoms with E-state index in [0.29, 0.717) is 16.4 Å². The summed E-state index contributed by atoms with van der Waals surface area (Å²) in [5, 5.41) is 3.48. The first-order valence-electron chi connectivity index (χ1n) is 6.53. The maximum atomic E-state index is 12.3. The van der Waals surface area contributed by atoms with Crippen molar-refractivity contribution in [2.45, 2.75) is 13.8 Å². The first-order chi connectivity index (χ1) is 10.4. The van der Waals surface area contributed by atoms with Gasteiger partial charge in [0.15, 0.2) is 0 Å². The molecular formula is C16H11Br2ClN2O. The highest BCUT2D eigenvalue weighted by atomic mass is 79.9. The molecule has 0 aliphatic carbocycles. The zero-order chi connectivity index (χ0) is 16.0. The Labute approximate surface area is 150 Å². The number of fused-ring (bicyclic) bond motifs is 1. The van der Waals surface area contributed by atoms with Gasteiger partial charge in [-0.1, -0.05) is 27.5 Å². The van der Waals surface area contributed by atoms with Crippen molar-refractivity contribution < 1.29 is 4.79 Å². The second-order valence-electron chi connectivity index (χ2n) is 5.07. The molecule has 3 rings (SSSR count). The Morgan fingerprint density at radius 1 is 1.18 bits per heavy atom. The van der Waals surface area contributed by atoms with Gasteiger partial charge in [0.1, 0.15) is 5.71 Å². The van der Waals surface area contributed by atoms with E-state index >= 15 is 0 Å². The van der Waals surface area contributed by atoms with E-state index in [9.17, 15) is 4.79 Å². The summed E-state index contributed by atoms with van der Waals surface area (Å²) >= 11 is 13.1. The third kappa shape index (κ3) is 2.62. The summed E-state index contributed by atoms with van der Waals surface area (Å²) in [5.74, 6) is -0.199. The minimum atomic E-state index is -0.199. The van der Waals surface area contributed by atoms with E-state index in [-0.39, 0.29) is 5.91 Å². The molecule has 0 fully saturated rings. The summed E-state index contributed by atoms with van der Waals surface area (Å²) in [6.45, 7) is 3.83. The Bertz CT molecular complexity index is 847. The van der Waals surface area contributed by atoms with Gasteiger partial charge in [0, 0.05) is 14.5 Å². The van der Waals surface area contributed by atoms with Gasteiger partial charge in [-0.2, -0.15) is 0 Å². The van der Waals surface area contributed by atoms with Crippen molar-refractivity contribution in [3.8, 4) is 0 Å². The molecule has 0 spiro atoms. The predicted molar refractivity (Wildman–Crippen MR) is 97.6 cm³/mol. The van der Waals surface area contributed by atoms with E-state index in [1.54, 1.807) is 0 Å². The van der Waals surface area contributed by atoms with Gasteiger partial charge < -0.3 is 5.32 Å². The highest BCUT2D eigenvalue weighted by molar-refractivity contribution is 9.10. The van der Waals surface area contributed by atoms with Crippen molar-refractivity contribution in [2.75, 3.05) is 5.32 Å². The molecule has 0 atom stereocenters. The summed E-state index contributed by atoms with van der Waals surface area (Å²) < 4.78 is 1.73. The molecule has 1 amide bonds. The minimum Gasteiger partial charge on any atom is -0.320 e. The SMILES string of the molecule is Cc1cc(Br)cc2c1NC(=O)C2=Nc1ccc(Br)c(Cl)c1C. The smallest absolute Gasteiger partial charge is 0.275 e. The molecule has 0 saturated carbocycles. The van der Waals surface area contributed by atoms with Crippen LogP contribution in [0.4, 0.5) is 11.4 Å². The van der Waals surface area contributed by atoms with Crippen LogP contribution < -0.4 is 5.32 Å². The molecule has 0 saturated heterocycles. The second-order valence-corrected chi connectivity index (χ2v) is 7.21. The lowest BCUT2D eigenvalue weighted by Gasteiger charge is -2.06. The number of anilines is 1. The lowest BCUT2D eigenvalue weighted by molar-refractivity contribution is -0.110. The van der Waals surface area contributed by atoms with Gasteiger partial charge in [0.2, 0.25) is 0 Å². The fourth-order valence-corrected chi connectivity index (χ4v) is 3.55. The average molecular weight is 443 g/mol. The lowest BCUT2D eigenvalue weighted by atomic mass is 10.1. The molecular weight excluding hydrogens is 431 g/mol. The van der Waals surface area contributed by atoms with Crippen LogP contribution in [0.1, 0.15) is 16.7 Å². The molecule has 0 unspecified atom stereocenters. The van der Waals surface area contributed by atoms with E-state index < -0.39 is 0 Å². The largest absolute Gasteiger partial charge is 0.320 e. The number of halogens is 3. The number of nitrogens with zero attached hydrogens (tertiary/aromatic N) is 1. The average Bonchev–Trinajstić information content (AvgIpc) is 2.76. The van der Waals surface area contributed by atoms with Crippen molar-refractivity contribution in [1.29, 1.82) is 0 Å². The van der Waals surface area contributed by atoms with Crippen LogP contribution in [0.5, 0.6) is 0 Å². The second kappa shape index (κ2) is 5.80. The molecule has 2 aromatic rings. The summed E-state index contributed by atoms with van der Waals surface area (Å²) in [7, 11) is 0. The van der Waals surface area contributed by atoms with Crippen LogP contribution in [0.25, 0.3) is 0 Å². The first-order valence-corrected chi connectivity index (χ1v) is 8.50. The number of benzene rings is 2. The normalized spacial score (nSPS) is 15.1. The summed E-state index contributed by atoms with van der Waals surface area (Å²) in [4.78, 5) is 16.8.